The van der Waals surface area contributed by atoms with Crippen molar-refractivity contribution in [3.05, 3.63) is 0 Å². The first-order valence-corrected chi connectivity index (χ1v) is 6.12. The van der Waals surface area contributed by atoms with E-state index in [0.717, 1.165) is 44.9 Å². The molecule has 0 aliphatic heterocycles. The normalized spacial score (nSPS) is 33.7. The minimum absolute atomic E-state index is 0.0838. The highest BCUT2D eigenvalue weighted by Gasteiger charge is 2.39. The zero-order valence-electron chi connectivity index (χ0n) is 9.24. The van der Waals surface area contributed by atoms with E-state index in [-0.39, 0.29) is 11.5 Å². The summed E-state index contributed by atoms with van der Waals surface area (Å²) in [6, 6.07) is 0. The number of hydrogen-bond acceptors (Lipinski definition) is 2. The van der Waals surface area contributed by atoms with Gasteiger partial charge in [0.1, 0.15) is 0 Å². The van der Waals surface area contributed by atoms with E-state index in [4.69, 9.17) is 10.8 Å². The topological polar surface area (TPSA) is 63.3 Å². The van der Waals surface area contributed by atoms with Crippen LogP contribution in [0, 0.1) is 11.8 Å². The van der Waals surface area contributed by atoms with Gasteiger partial charge in [-0.25, -0.2) is 0 Å². The van der Waals surface area contributed by atoms with Crippen molar-refractivity contribution in [2.24, 2.45) is 17.6 Å². The SMILES string of the molecule is NC1(CCC2CCCC[C@H]2C(=O)O)CC1. The van der Waals surface area contributed by atoms with Crippen LogP contribution in [-0.2, 0) is 4.79 Å². The van der Waals surface area contributed by atoms with Crippen molar-refractivity contribution in [3.63, 3.8) is 0 Å². The molecular weight excluding hydrogens is 190 g/mol. The standard InChI is InChI=1S/C12H21NO2/c13-12(7-8-12)6-5-9-3-1-2-4-10(9)11(14)15/h9-10H,1-8,13H2,(H,14,15)/t9?,10-/m1/s1. The summed E-state index contributed by atoms with van der Waals surface area (Å²) in [5.74, 6) is -0.306. The second-order valence-electron chi connectivity index (χ2n) is 5.39. The molecule has 2 saturated carbocycles. The van der Waals surface area contributed by atoms with Crippen LogP contribution in [0.5, 0.6) is 0 Å². The second-order valence-corrected chi connectivity index (χ2v) is 5.39. The third-order valence-corrected chi connectivity index (χ3v) is 4.13. The van der Waals surface area contributed by atoms with Crippen LogP contribution in [0.15, 0.2) is 0 Å². The van der Waals surface area contributed by atoms with Crippen LogP contribution in [0.4, 0.5) is 0 Å². The molecule has 86 valence electrons. The van der Waals surface area contributed by atoms with Crippen LogP contribution in [0.2, 0.25) is 0 Å². The smallest absolute Gasteiger partial charge is 0.306 e. The molecule has 3 heteroatoms. The lowest BCUT2D eigenvalue weighted by atomic mass is 9.76. The lowest BCUT2D eigenvalue weighted by Gasteiger charge is -2.29. The molecule has 3 nitrogen and oxygen atoms in total. The van der Waals surface area contributed by atoms with Crippen LogP contribution in [0.3, 0.4) is 0 Å². The molecule has 2 aliphatic carbocycles. The first-order chi connectivity index (χ1) is 7.11. The van der Waals surface area contributed by atoms with Gasteiger partial charge >= 0.3 is 5.97 Å². The van der Waals surface area contributed by atoms with E-state index in [0.29, 0.717) is 5.92 Å². The lowest BCUT2D eigenvalue weighted by Crippen LogP contribution is -2.29. The average Bonchev–Trinajstić information content (AvgIpc) is 2.95. The van der Waals surface area contributed by atoms with Crippen LogP contribution in [0.1, 0.15) is 51.4 Å². The minimum atomic E-state index is -0.596. The number of carboxylic acids is 1. The number of carboxylic acid groups (broad SMARTS) is 1. The number of carbonyl (C=O) groups is 1. The van der Waals surface area contributed by atoms with Crippen LogP contribution < -0.4 is 5.73 Å². The van der Waals surface area contributed by atoms with Crippen molar-refractivity contribution in [3.8, 4) is 0 Å². The molecule has 2 aliphatic rings. The van der Waals surface area contributed by atoms with Crippen molar-refractivity contribution in [1.82, 2.24) is 0 Å². The van der Waals surface area contributed by atoms with Gasteiger partial charge in [-0.1, -0.05) is 12.8 Å². The molecule has 3 N–H and O–H groups in total. The molecule has 0 aromatic rings. The van der Waals surface area contributed by atoms with Gasteiger partial charge in [-0.15, -0.1) is 0 Å². The summed E-state index contributed by atoms with van der Waals surface area (Å²) in [7, 11) is 0. The number of hydrogen-bond donors (Lipinski definition) is 2. The van der Waals surface area contributed by atoms with E-state index in [9.17, 15) is 4.79 Å². The zero-order chi connectivity index (χ0) is 10.9. The molecular formula is C12H21NO2. The van der Waals surface area contributed by atoms with Crippen LogP contribution >= 0.6 is 0 Å². The largest absolute Gasteiger partial charge is 0.481 e. The molecule has 2 fully saturated rings. The third kappa shape index (κ3) is 2.71. The average molecular weight is 211 g/mol. The van der Waals surface area contributed by atoms with Gasteiger partial charge in [0.2, 0.25) is 0 Å². The maximum atomic E-state index is 11.1. The summed E-state index contributed by atoms with van der Waals surface area (Å²) in [5, 5.41) is 9.12. The van der Waals surface area contributed by atoms with Gasteiger partial charge in [0.25, 0.3) is 0 Å². The predicted octanol–water partition coefficient (Wildman–Crippen LogP) is 2.15. The van der Waals surface area contributed by atoms with Gasteiger partial charge in [-0.3, -0.25) is 4.79 Å². The Morgan fingerprint density at radius 3 is 2.60 bits per heavy atom. The van der Waals surface area contributed by atoms with Crippen molar-refractivity contribution in [1.29, 1.82) is 0 Å². The van der Waals surface area contributed by atoms with Crippen LogP contribution in [0.25, 0.3) is 0 Å². The fourth-order valence-electron chi connectivity index (χ4n) is 2.76. The predicted molar refractivity (Wildman–Crippen MR) is 58.5 cm³/mol. The molecule has 15 heavy (non-hydrogen) atoms. The Morgan fingerprint density at radius 2 is 2.00 bits per heavy atom. The van der Waals surface area contributed by atoms with Crippen molar-refractivity contribution in [2.75, 3.05) is 0 Å². The summed E-state index contributed by atoms with van der Waals surface area (Å²) in [5.41, 5.74) is 6.12. The summed E-state index contributed by atoms with van der Waals surface area (Å²) in [4.78, 5) is 11.1. The fraction of sp³-hybridized carbons (Fsp3) is 0.917. The first-order valence-electron chi connectivity index (χ1n) is 6.12. The van der Waals surface area contributed by atoms with E-state index in [2.05, 4.69) is 0 Å². The second kappa shape index (κ2) is 4.12. The van der Waals surface area contributed by atoms with Crippen molar-refractivity contribution in [2.45, 2.75) is 56.9 Å². The molecule has 0 radical (unpaired) electrons. The Bertz CT molecular complexity index is 248. The molecule has 2 atom stereocenters. The first kappa shape index (κ1) is 10.9. The van der Waals surface area contributed by atoms with Gasteiger partial charge in [0.05, 0.1) is 5.92 Å². The number of rotatable bonds is 4. The maximum absolute atomic E-state index is 11.1. The van der Waals surface area contributed by atoms with E-state index >= 15 is 0 Å². The molecule has 0 spiro atoms. The van der Waals surface area contributed by atoms with Gasteiger partial charge in [0, 0.05) is 5.54 Å². The molecule has 0 aromatic heterocycles. The zero-order valence-corrected chi connectivity index (χ0v) is 9.24. The Labute approximate surface area is 91.0 Å². The van der Waals surface area contributed by atoms with Gasteiger partial charge in [-0.2, -0.15) is 0 Å². The van der Waals surface area contributed by atoms with Crippen molar-refractivity contribution < 1.29 is 9.90 Å². The summed E-state index contributed by atoms with van der Waals surface area (Å²) in [6.07, 6.45) is 8.57. The van der Waals surface area contributed by atoms with Crippen molar-refractivity contribution >= 4 is 5.97 Å². The number of nitrogens with two attached hydrogens (primary N) is 1. The van der Waals surface area contributed by atoms with E-state index in [1.807, 2.05) is 0 Å². The highest BCUT2D eigenvalue weighted by atomic mass is 16.4. The Morgan fingerprint density at radius 1 is 1.33 bits per heavy atom. The van der Waals surface area contributed by atoms with Crippen LogP contribution in [-0.4, -0.2) is 16.6 Å². The molecule has 1 unspecified atom stereocenters. The van der Waals surface area contributed by atoms with Gasteiger partial charge in [-0.05, 0) is 44.4 Å². The summed E-state index contributed by atoms with van der Waals surface area (Å²) >= 11 is 0. The van der Waals surface area contributed by atoms with E-state index in [1.54, 1.807) is 0 Å². The summed E-state index contributed by atoms with van der Waals surface area (Å²) in [6.45, 7) is 0. The van der Waals surface area contributed by atoms with E-state index in [1.165, 1.54) is 6.42 Å². The quantitative estimate of drug-likeness (QED) is 0.749. The van der Waals surface area contributed by atoms with Gasteiger partial charge in [0.15, 0.2) is 0 Å². The monoisotopic (exact) mass is 211 g/mol. The maximum Gasteiger partial charge on any atom is 0.306 e. The Kier molecular flexibility index (Phi) is 3.01. The fourth-order valence-corrected chi connectivity index (χ4v) is 2.76. The van der Waals surface area contributed by atoms with Gasteiger partial charge < -0.3 is 10.8 Å². The minimum Gasteiger partial charge on any atom is -0.481 e. The molecule has 0 bridgehead atoms. The Hall–Kier alpha value is -0.570. The summed E-state index contributed by atoms with van der Waals surface area (Å²) < 4.78 is 0. The lowest BCUT2D eigenvalue weighted by molar-refractivity contribution is -0.145. The number of aliphatic carboxylic acids is 1. The molecule has 0 amide bonds. The highest BCUT2D eigenvalue weighted by Crippen LogP contribution is 2.41. The Balaban J connectivity index is 1.84. The third-order valence-electron chi connectivity index (χ3n) is 4.13. The molecule has 0 aromatic carbocycles. The molecule has 2 rings (SSSR count). The van der Waals surface area contributed by atoms with E-state index < -0.39 is 5.97 Å². The highest BCUT2D eigenvalue weighted by molar-refractivity contribution is 5.70. The molecule has 0 heterocycles. The molecule has 0 saturated heterocycles.